The summed E-state index contributed by atoms with van der Waals surface area (Å²) in [5.74, 6) is 0.824. The quantitative estimate of drug-likeness (QED) is 0.582. The van der Waals surface area contributed by atoms with Gasteiger partial charge in [0.15, 0.2) is 0 Å². The zero-order chi connectivity index (χ0) is 16.2. The van der Waals surface area contributed by atoms with E-state index in [1.54, 1.807) is 7.11 Å². The molecule has 2 N–H and O–H groups in total. The Balaban J connectivity index is 2.11. The van der Waals surface area contributed by atoms with Gasteiger partial charge in [0.1, 0.15) is 5.75 Å². The van der Waals surface area contributed by atoms with E-state index >= 15 is 0 Å². The van der Waals surface area contributed by atoms with Gasteiger partial charge < -0.3 is 19.7 Å². The van der Waals surface area contributed by atoms with Gasteiger partial charge in [-0.15, -0.1) is 0 Å². The molecule has 0 aliphatic carbocycles. The van der Waals surface area contributed by atoms with Crippen molar-refractivity contribution in [3.8, 4) is 5.75 Å². The van der Waals surface area contributed by atoms with Crippen LogP contribution in [-0.2, 0) is 11.3 Å². The fraction of sp³-hybridized carbons (Fsp3) is 0.667. The average Bonchev–Trinajstić information content (AvgIpc) is 2.55. The van der Waals surface area contributed by atoms with Crippen molar-refractivity contribution < 1.29 is 19.7 Å². The molecular weight excluding hydrogens is 280 g/mol. The third-order valence-corrected chi connectivity index (χ3v) is 3.78. The zero-order valence-corrected chi connectivity index (χ0v) is 13.8. The molecule has 2 atom stereocenters. The van der Waals surface area contributed by atoms with Crippen molar-refractivity contribution in [1.29, 1.82) is 0 Å². The Hall–Kier alpha value is -1.10. The van der Waals surface area contributed by atoms with E-state index in [9.17, 15) is 10.2 Å². The minimum atomic E-state index is -0.697. The van der Waals surface area contributed by atoms with Crippen molar-refractivity contribution in [1.82, 2.24) is 0 Å². The molecule has 0 heterocycles. The molecule has 1 aromatic carbocycles. The molecule has 126 valence electrons. The second-order valence-electron chi connectivity index (χ2n) is 5.67. The molecule has 0 unspecified atom stereocenters. The van der Waals surface area contributed by atoms with Gasteiger partial charge in [0.25, 0.3) is 0 Å². The maximum Gasteiger partial charge on any atom is 0.118 e. The number of methoxy groups -OCH3 is 1. The molecule has 0 spiro atoms. The molecular formula is C18H30O4. The van der Waals surface area contributed by atoms with Crippen LogP contribution in [0.5, 0.6) is 5.75 Å². The Bertz CT molecular complexity index is 377. The number of hydrogen-bond acceptors (Lipinski definition) is 4. The van der Waals surface area contributed by atoms with E-state index in [-0.39, 0.29) is 0 Å². The summed E-state index contributed by atoms with van der Waals surface area (Å²) in [6.07, 6.45) is 4.25. The van der Waals surface area contributed by atoms with Crippen LogP contribution in [0.15, 0.2) is 24.3 Å². The second kappa shape index (κ2) is 11.5. The first-order valence-electron chi connectivity index (χ1n) is 8.24. The summed E-state index contributed by atoms with van der Waals surface area (Å²) in [5, 5.41) is 19.8. The Kier molecular flexibility index (Phi) is 9.87. The number of aliphatic hydroxyl groups excluding tert-OH is 2. The Morgan fingerprint density at radius 1 is 0.955 bits per heavy atom. The van der Waals surface area contributed by atoms with Gasteiger partial charge in [-0.3, -0.25) is 0 Å². The molecule has 0 saturated carbocycles. The first-order chi connectivity index (χ1) is 10.7. The van der Waals surface area contributed by atoms with Gasteiger partial charge in [-0.25, -0.2) is 0 Å². The van der Waals surface area contributed by atoms with Crippen molar-refractivity contribution in [2.75, 3.05) is 13.7 Å². The summed E-state index contributed by atoms with van der Waals surface area (Å²) < 4.78 is 10.6. The van der Waals surface area contributed by atoms with Gasteiger partial charge >= 0.3 is 0 Å². The molecule has 4 heteroatoms. The fourth-order valence-corrected chi connectivity index (χ4v) is 2.28. The van der Waals surface area contributed by atoms with Crippen LogP contribution in [0.2, 0.25) is 0 Å². The van der Waals surface area contributed by atoms with Crippen LogP contribution in [0.1, 0.15) is 51.0 Å². The maximum atomic E-state index is 9.89. The lowest BCUT2D eigenvalue weighted by Gasteiger charge is -2.17. The Morgan fingerprint density at radius 2 is 1.64 bits per heavy atom. The van der Waals surface area contributed by atoms with Crippen LogP contribution in [0.3, 0.4) is 0 Å². The van der Waals surface area contributed by atoms with E-state index < -0.39 is 12.2 Å². The van der Waals surface area contributed by atoms with Gasteiger partial charge in [0.2, 0.25) is 0 Å². The molecule has 22 heavy (non-hydrogen) atoms. The smallest absolute Gasteiger partial charge is 0.118 e. The van der Waals surface area contributed by atoms with Gasteiger partial charge in [0, 0.05) is 6.61 Å². The van der Waals surface area contributed by atoms with E-state index in [4.69, 9.17) is 9.47 Å². The number of rotatable bonds is 12. The lowest BCUT2D eigenvalue weighted by atomic mass is 10.0. The highest BCUT2D eigenvalue weighted by Crippen LogP contribution is 2.13. The molecule has 0 amide bonds. The number of ether oxygens (including phenoxy) is 2. The first kappa shape index (κ1) is 18.9. The largest absolute Gasteiger partial charge is 0.497 e. The lowest BCUT2D eigenvalue weighted by molar-refractivity contribution is -0.0112. The summed E-state index contributed by atoms with van der Waals surface area (Å²) in [6, 6.07) is 7.71. The molecule has 0 aromatic heterocycles. The first-order valence-corrected chi connectivity index (χ1v) is 8.24. The van der Waals surface area contributed by atoms with Gasteiger partial charge in [-0.1, -0.05) is 44.7 Å². The van der Waals surface area contributed by atoms with Gasteiger partial charge in [0.05, 0.1) is 25.9 Å². The minimum absolute atomic E-state index is 0.444. The predicted molar refractivity (Wildman–Crippen MR) is 88.0 cm³/mol. The highest BCUT2D eigenvalue weighted by Gasteiger charge is 2.15. The lowest BCUT2D eigenvalue weighted by Crippen LogP contribution is -2.27. The number of benzene rings is 1. The molecule has 4 nitrogen and oxygen atoms in total. The van der Waals surface area contributed by atoms with Crippen LogP contribution in [0.25, 0.3) is 0 Å². The second-order valence-corrected chi connectivity index (χ2v) is 5.67. The summed E-state index contributed by atoms with van der Waals surface area (Å²) in [6.45, 7) is 3.11. The number of hydrogen-bond donors (Lipinski definition) is 2. The highest BCUT2D eigenvalue weighted by molar-refractivity contribution is 5.26. The van der Waals surface area contributed by atoms with Crippen molar-refractivity contribution in [3.05, 3.63) is 29.8 Å². The van der Waals surface area contributed by atoms with Crippen LogP contribution < -0.4 is 4.74 Å². The average molecular weight is 310 g/mol. The number of unbranched alkanes of at least 4 members (excludes halogenated alkanes) is 3. The van der Waals surface area contributed by atoms with Crippen molar-refractivity contribution in [2.45, 2.75) is 64.3 Å². The maximum absolute atomic E-state index is 9.89. The minimum Gasteiger partial charge on any atom is -0.497 e. The van der Waals surface area contributed by atoms with Gasteiger partial charge in [-0.2, -0.15) is 0 Å². The summed E-state index contributed by atoms with van der Waals surface area (Å²) in [4.78, 5) is 0. The van der Waals surface area contributed by atoms with Crippen molar-refractivity contribution in [2.24, 2.45) is 0 Å². The standard InChI is InChI=1S/C18H30O4/c1-3-4-5-6-7-17(19)18(20)12-13-22-14-15-8-10-16(21-2)11-9-15/h8-11,17-20H,3-7,12-14H2,1-2H3/t17-,18-/m0/s1. The van der Waals surface area contributed by atoms with Crippen molar-refractivity contribution >= 4 is 0 Å². The SMILES string of the molecule is CCCCCC[C@H](O)[C@@H](O)CCOCc1ccc(OC)cc1. The monoisotopic (exact) mass is 310 g/mol. The van der Waals surface area contributed by atoms with E-state index in [0.717, 1.165) is 24.2 Å². The molecule has 0 aliphatic heterocycles. The predicted octanol–water partition coefficient (Wildman–Crippen LogP) is 3.29. The molecule has 0 fully saturated rings. The van der Waals surface area contributed by atoms with Gasteiger partial charge in [-0.05, 0) is 30.5 Å². The third kappa shape index (κ3) is 7.78. The molecule has 1 aromatic rings. The third-order valence-electron chi connectivity index (χ3n) is 3.78. The van der Waals surface area contributed by atoms with E-state index in [0.29, 0.717) is 26.1 Å². The van der Waals surface area contributed by atoms with E-state index in [2.05, 4.69) is 6.92 Å². The number of aliphatic hydroxyl groups is 2. The molecule has 1 rings (SSSR count). The van der Waals surface area contributed by atoms with Crippen LogP contribution >= 0.6 is 0 Å². The van der Waals surface area contributed by atoms with Crippen LogP contribution in [-0.4, -0.2) is 36.1 Å². The summed E-state index contributed by atoms with van der Waals surface area (Å²) in [7, 11) is 1.64. The highest BCUT2D eigenvalue weighted by atomic mass is 16.5. The Morgan fingerprint density at radius 3 is 2.27 bits per heavy atom. The van der Waals surface area contributed by atoms with Crippen LogP contribution in [0, 0.1) is 0 Å². The summed E-state index contributed by atoms with van der Waals surface area (Å²) in [5.41, 5.74) is 1.07. The Labute approximate surface area is 134 Å². The molecule has 0 saturated heterocycles. The van der Waals surface area contributed by atoms with Crippen LogP contribution in [0.4, 0.5) is 0 Å². The summed E-state index contributed by atoms with van der Waals surface area (Å²) >= 11 is 0. The normalized spacial score (nSPS) is 13.8. The van der Waals surface area contributed by atoms with Crippen molar-refractivity contribution in [3.63, 3.8) is 0 Å². The molecule has 0 bridgehead atoms. The fourth-order valence-electron chi connectivity index (χ4n) is 2.28. The molecule has 0 radical (unpaired) electrons. The van der Waals surface area contributed by atoms with E-state index in [1.807, 2.05) is 24.3 Å². The van der Waals surface area contributed by atoms with E-state index in [1.165, 1.54) is 12.8 Å². The zero-order valence-electron chi connectivity index (χ0n) is 13.8. The topological polar surface area (TPSA) is 58.9 Å². The molecule has 0 aliphatic rings.